The number of carbonyl (C=O) groups excluding carboxylic acids is 2. The van der Waals surface area contributed by atoms with E-state index in [1.54, 1.807) is 24.3 Å². The predicted octanol–water partition coefficient (Wildman–Crippen LogP) is 7.69. The number of hydrogen-bond acceptors (Lipinski definition) is 10. The Morgan fingerprint density at radius 1 is 0.444 bits per heavy atom. The number of esters is 2. The van der Waals surface area contributed by atoms with Gasteiger partial charge in [-0.2, -0.15) is 0 Å². The number of ether oxygens (including phenoxy) is 8. The summed E-state index contributed by atoms with van der Waals surface area (Å²) in [5.41, 5.74) is 0.307. The van der Waals surface area contributed by atoms with Gasteiger partial charge in [0.1, 0.15) is 57.1 Å². The van der Waals surface area contributed by atoms with Crippen molar-refractivity contribution in [3.63, 3.8) is 0 Å². The van der Waals surface area contributed by atoms with Crippen molar-refractivity contribution >= 4 is 11.9 Å². The van der Waals surface area contributed by atoms with Crippen molar-refractivity contribution < 1.29 is 47.5 Å². The number of rotatable bonds is 19. The molecule has 0 aliphatic carbocycles. The van der Waals surface area contributed by atoms with Crippen molar-refractivity contribution in [2.75, 3.05) is 39.6 Å². The average molecular weight is 625 g/mol. The molecule has 0 fully saturated rings. The zero-order chi connectivity index (χ0) is 32.6. The summed E-state index contributed by atoms with van der Waals surface area (Å²) >= 11 is 0. The van der Waals surface area contributed by atoms with Crippen LogP contribution in [0.1, 0.15) is 81.5 Å². The fourth-order valence-electron chi connectivity index (χ4n) is 4.17. The largest absolute Gasteiger partial charge is 0.494 e. The van der Waals surface area contributed by atoms with E-state index in [0.29, 0.717) is 62.6 Å². The molecule has 0 saturated carbocycles. The molecule has 10 heteroatoms. The van der Waals surface area contributed by atoms with Crippen LogP contribution in [0.5, 0.6) is 46.0 Å². The van der Waals surface area contributed by atoms with Gasteiger partial charge in [0.25, 0.3) is 0 Å². The Balaban J connectivity index is 1.85. The van der Waals surface area contributed by atoms with Gasteiger partial charge in [-0.1, -0.05) is 20.8 Å². The van der Waals surface area contributed by atoms with Gasteiger partial charge in [0, 0.05) is 24.3 Å². The second kappa shape index (κ2) is 18.3. The topological polar surface area (TPSA) is 108 Å². The van der Waals surface area contributed by atoms with E-state index >= 15 is 0 Å². The Morgan fingerprint density at radius 3 is 1.13 bits per heavy atom. The van der Waals surface area contributed by atoms with Crippen molar-refractivity contribution in [3.8, 4) is 46.0 Å². The first kappa shape index (κ1) is 34.9. The van der Waals surface area contributed by atoms with Crippen LogP contribution in [0.3, 0.4) is 0 Å². The molecule has 0 saturated heterocycles. The molecule has 3 aromatic carbocycles. The molecule has 0 atom stereocenters. The van der Waals surface area contributed by atoms with Gasteiger partial charge in [0.05, 0.1) is 39.6 Å². The molecule has 244 valence electrons. The lowest BCUT2D eigenvalue weighted by Gasteiger charge is -2.18. The second-order valence-corrected chi connectivity index (χ2v) is 9.68. The lowest BCUT2D eigenvalue weighted by atomic mass is 10.1. The molecule has 3 aromatic rings. The Labute approximate surface area is 265 Å². The van der Waals surface area contributed by atoms with E-state index in [1.807, 2.05) is 41.5 Å². The van der Waals surface area contributed by atoms with Crippen molar-refractivity contribution in [1.82, 2.24) is 0 Å². The third-order valence-electron chi connectivity index (χ3n) is 6.04. The first-order valence-corrected chi connectivity index (χ1v) is 15.6. The Hall–Kier alpha value is -4.60. The molecule has 0 unspecified atom stereocenters. The molecular weight excluding hydrogens is 580 g/mol. The van der Waals surface area contributed by atoms with E-state index in [1.165, 1.54) is 24.3 Å². The molecule has 0 aliphatic rings. The van der Waals surface area contributed by atoms with Crippen molar-refractivity contribution in [2.24, 2.45) is 0 Å². The summed E-state index contributed by atoms with van der Waals surface area (Å²) in [4.78, 5) is 26.8. The number of benzene rings is 3. The SMILES string of the molecule is CCCOc1cc(OCCC)c(C(=O)Oc2ccc(OC(=O)c3c(OCC)cc(OCC)cc3OCC)cc2)c(OCCC)c1. The number of hydrogen-bond donors (Lipinski definition) is 0. The monoisotopic (exact) mass is 624 g/mol. The van der Waals surface area contributed by atoms with Crippen LogP contribution in [0.4, 0.5) is 0 Å². The third kappa shape index (κ3) is 9.96. The molecule has 0 radical (unpaired) electrons. The lowest BCUT2D eigenvalue weighted by Crippen LogP contribution is -2.15. The standard InChI is InChI=1S/C35H44O10/c1-7-17-41-27-22-30(42-18-8-2)33(31(23-27)43-19-9-3)35(37)45-25-15-13-24(14-16-25)44-34(36)32-28(39-11-5)20-26(38-10-4)21-29(32)40-12-6/h13-16,20-23H,7-12,17-19H2,1-6H3. The highest BCUT2D eigenvalue weighted by atomic mass is 16.6. The van der Waals surface area contributed by atoms with Crippen LogP contribution in [0.15, 0.2) is 48.5 Å². The lowest BCUT2D eigenvalue weighted by molar-refractivity contribution is 0.0709. The Bertz CT molecular complexity index is 1330. The van der Waals surface area contributed by atoms with E-state index in [4.69, 9.17) is 37.9 Å². The van der Waals surface area contributed by atoms with Gasteiger partial charge >= 0.3 is 11.9 Å². The molecule has 0 N–H and O–H groups in total. The zero-order valence-electron chi connectivity index (χ0n) is 27.1. The summed E-state index contributed by atoms with van der Waals surface area (Å²) in [5, 5.41) is 0. The molecule has 0 aliphatic heterocycles. The summed E-state index contributed by atoms with van der Waals surface area (Å²) in [6.45, 7) is 13.9. The van der Waals surface area contributed by atoms with E-state index in [0.717, 1.165) is 19.3 Å². The molecule has 45 heavy (non-hydrogen) atoms. The van der Waals surface area contributed by atoms with Crippen LogP contribution in [0, 0.1) is 0 Å². The summed E-state index contributed by atoms with van der Waals surface area (Å²) in [5.74, 6) is 1.41. The van der Waals surface area contributed by atoms with Gasteiger partial charge in [-0.3, -0.25) is 0 Å². The average Bonchev–Trinajstić information content (AvgIpc) is 3.02. The minimum Gasteiger partial charge on any atom is -0.494 e. The van der Waals surface area contributed by atoms with E-state index < -0.39 is 11.9 Å². The summed E-state index contributed by atoms with van der Waals surface area (Å²) < 4.78 is 46.1. The highest BCUT2D eigenvalue weighted by molar-refractivity contribution is 5.98. The van der Waals surface area contributed by atoms with Gasteiger partial charge in [0.2, 0.25) is 0 Å². The van der Waals surface area contributed by atoms with Crippen LogP contribution in [0.25, 0.3) is 0 Å². The van der Waals surface area contributed by atoms with Crippen LogP contribution in [-0.4, -0.2) is 51.6 Å². The maximum Gasteiger partial charge on any atom is 0.351 e. The van der Waals surface area contributed by atoms with Gasteiger partial charge < -0.3 is 37.9 Å². The van der Waals surface area contributed by atoms with Crippen LogP contribution < -0.4 is 37.9 Å². The normalized spacial score (nSPS) is 10.5. The van der Waals surface area contributed by atoms with Gasteiger partial charge in [-0.25, -0.2) is 9.59 Å². The highest BCUT2D eigenvalue weighted by Crippen LogP contribution is 2.37. The maximum absolute atomic E-state index is 13.5. The van der Waals surface area contributed by atoms with Gasteiger partial charge in [-0.05, 0) is 64.3 Å². The highest BCUT2D eigenvalue weighted by Gasteiger charge is 2.25. The molecule has 0 amide bonds. The summed E-state index contributed by atoms with van der Waals surface area (Å²) in [6, 6.07) is 12.7. The molecular formula is C35H44O10. The molecule has 3 rings (SSSR count). The quantitative estimate of drug-likeness (QED) is 0.0973. The Morgan fingerprint density at radius 2 is 0.778 bits per heavy atom. The second-order valence-electron chi connectivity index (χ2n) is 9.68. The minimum atomic E-state index is -0.671. The third-order valence-corrected chi connectivity index (χ3v) is 6.04. The minimum absolute atomic E-state index is 0.142. The first-order valence-electron chi connectivity index (χ1n) is 15.6. The van der Waals surface area contributed by atoms with Crippen LogP contribution in [0.2, 0.25) is 0 Å². The van der Waals surface area contributed by atoms with Crippen LogP contribution in [-0.2, 0) is 0 Å². The maximum atomic E-state index is 13.5. The summed E-state index contributed by atoms with van der Waals surface area (Å²) in [6.07, 6.45) is 2.32. The predicted molar refractivity (Wildman–Crippen MR) is 170 cm³/mol. The molecule has 0 heterocycles. The first-order chi connectivity index (χ1) is 21.9. The zero-order valence-corrected chi connectivity index (χ0v) is 27.1. The van der Waals surface area contributed by atoms with Crippen molar-refractivity contribution in [2.45, 2.75) is 60.8 Å². The van der Waals surface area contributed by atoms with Gasteiger partial charge in [0.15, 0.2) is 0 Å². The fraction of sp³-hybridized carbons (Fsp3) is 0.429. The van der Waals surface area contributed by atoms with E-state index in [9.17, 15) is 9.59 Å². The number of carbonyl (C=O) groups is 2. The Kier molecular flexibility index (Phi) is 14.2. The molecule has 0 aromatic heterocycles. The fourth-order valence-corrected chi connectivity index (χ4v) is 4.17. The summed E-state index contributed by atoms with van der Waals surface area (Å²) in [7, 11) is 0. The van der Waals surface area contributed by atoms with E-state index in [-0.39, 0.29) is 34.1 Å². The van der Waals surface area contributed by atoms with Crippen LogP contribution >= 0.6 is 0 Å². The molecule has 0 spiro atoms. The van der Waals surface area contributed by atoms with E-state index in [2.05, 4.69) is 0 Å². The molecule has 0 bridgehead atoms. The van der Waals surface area contributed by atoms with Crippen molar-refractivity contribution in [3.05, 3.63) is 59.7 Å². The smallest absolute Gasteiger partial charge is 0.351 e. The van der Waals surface area contributed by atoms with Gasteiger partial charge in [-0.15, -0.1) is 0 Å². The molecule has 10 nitrogen and oxygen atoms in total. The van der Waals surface area contributed by atoms with Crippen molar-refractivity contribution in [1.29, 1.82) is 0 Å².